The molecule has 23 heavy (non-hydrogen) atoms. The van der Waals surface area contributed by atoms with Gasteiger partial charge in [0.1, 0.15) is 0 Å². The van der Waals surface area contributed by atoms with Crippen LogP contribution in [-0.4, -0.2) is 25.5 Å². The first-order chi connectivity index (χ1) is 11.2. The SMILES string of the molecule is C=C(Cl)CSc1nnc(-c2ccncc2)n1Cc1ccccc1. The van der Waals surface area contributed by atoms with Crippen molar-refractivity contribution in [1.29, 1.82) is 0 Å². The lowest BCUT2D eigenvalue weighted by atomic mass is 10.2. The summed E-state index contributed by atoms with van der Waals surface area (Å²) in [6, 6.07) is 14.1. The Morgan fingerprint density at radius 1 is 1.09 bits per heavy atom. The van der Waals surface area contributed by atoms with Crippen molar-refractivity contribution in [2.45, 2.75) is 11.7 Å². The van der Waals surface area contributed by atoms with Crippen molar-refractivity contribution >= 4 is 23.4 Å². The number of hydrogen-bond acceptors (Lipinski definition) is 4. The lowest BCUT2D eigenvalue weighted by molar-refractivity contribution is 0.715. The van der Waals surface area contributed by atoms with Crippen molar-refractivity contribution < 1.29 is 0 Å². The first-order valence-electron chi connectivity index (χ1n) is 7.07. The zero-order valence-corrected chi connectivity index (χ0v) is 14.0. The number of thioether (sulfide) groups is 1. The van der Waals surface area contributed by atoms with Crippen molar-refractivity contribution in [3.05, 3.63) is 72.0 Å². The van der Waals surface area contributed by atoms with E-state index in [1.807, 2.05) is 30.3 Å². The lowest BCUT2D eigenvalue weighted by Gasteiger charge is -2.10. The standard InChI is InChI=1S/C17H15ClN4S/c1-13(18)12-23-17-21-20-16(15-7-9-19-10-8-15)22(17)11-14-5-3-2-4-6-14/h2-10H,1,11-12H2. The van der Waals surface area contributed by atoms with Gasteiger partial charge in [0.05, 0.1) is 6.54 Å². The number of hydrogen-bond donors (Lipinski definition) is 0. The van der Waals surface area contributed by atoms with Gasteiger partial charge in [0, 0.05) is 28.7 Å². The fourth-order valence-electron chi connectivity index (χ4n) is 2.16. The summed E-state index contributed by atoms with van der Waals surface area (Å²) in [6.45, 7) is 4.42. The largest absolute Gasteiger partial charge is 0.298 e. The van der Waals surface area contributed by atoms with Gasteiger partial charge in [0.25, 0.3) is 0 Å². The van der Waals surface area contributed by atoms with Gasteiger partial charge in [-0.15, -0.1) is 10.2 Å². The van der Waals surface area contributed by atoms with Crippen molar-refractivity contribution in [1.82, 2.24) is 19.7 Å². The predicted molar refractivity (Wildman–Crippen MR) is 94.5 cm³/mol. The molecule has 0 aliphatic rings. The molecular formula is C17H15ClN4S. The second kappa shape index (κ2) is 7.44. The van der Waals surface area contributed by atoms with Crippen LogP contribution in [0.5, 0.6) is 0 Å². The van der Waals surface area contributed by atoms with Gasteiger partial charge in [-0.2, -0.15) is 0 Å². The molecule has 0 saturated carbocycles. The molecule has 4 nitrogen and oxygen atoms in total. The lowest BCUT2D eigenvalue weighted by Crippen LogP contribution is -2.04. The van der Waals surface area contributed by atoms with Crippen molar-refractivity contribution in [3.8, 4) is 11.4 Å². The van der Waals surface area contributed by atoms with Gasteiger partial charge in [-0.05, 0) is 17.7 Å². The summed E-state index contributed by atoms with van der Waals surface area (Å²) in [7, 11) is 0. The molecule has 3 rings (SSSR count). The van der Waals surface area contributed by atoms with Crippen LogP contribution in [-0.2, 0) is 6.54 Å². The van der Waals surface area contributed by atoms with Crippen molar-refractivity contribution in [2.75, 3.05) is 5.75 Å². The summed E-state index contributed by atoms with van der Waals surface area (Å²) in [6.07, 6.45) is 3.51. The van der Waals surface area contributed by atoms with E-state index in [0.717, 1.165) is 16.5 Å². The number of benzene rings is 1. The van der Waals surface area contributed by atoms with Crippen LogP contribution in [0.25, 0.3) is 11.4 Å². The minimum absolute atomic E-state index is 0.592. The highest BCUT2D eigenvalue weighted by atomic mass is 35.5. The van der Waals surface area contributed by atoms with Crippen LogP contribution in [0.4, 0.5) is 0 Å². The van der Waals surface area contributed by atoms with E-state index >= 15 is 0 Å². The molecule has 2 aromatic heterocycles. The van der Waals surface area contributed by atoms with E-state index in [9.17, 15) is 0 Å². The van der Waals surface area contributed by atoms with Crippen LogP contribution in [0, 0.1) is 0 Å². The monoisotopic (exact) mass is 342 g/mol. The molecule has 0 atom stereocenters. The molecule has 1 aromatic carbocycles. The van der Waals surface area contributed by atoms with E-state index in [0.29, 0.717) is 17.3 Å². The van der Waals surface area contributed by atoms with E-state index < -0.39 is 0 Å². The van der Waals surface area contributed by atoms with E-state index in [-0.39, 0.29) is 0 Å². The molecular weight excluding hydrogens is 328 g/mol. The molecule has 0 N–H and O–H groups in total. The Hall–Kier alpha value is -2.11. The van der Waals surface area contributed by atoms with Crippen LogP contribution in [0.2, 0.25) is 0 Å². The van der Waals surface area contributed by atoms with E-state index in [1.165, 1.54) is 17.3 Å². The van der Waals surface area contributed by atoms with Gasteiger partial charge in [-0.1, -0.05) is 60.3 Å². The number of aromatic nitrogens is 4. The number of halogens is 1. The van der Waals surface area contributed by atoms with Crippen LogP contribution < -0.4 is 0 Å². The Morgan fingerprint density at radius 3 is 2.52 bits per heavy atom. The summed E-state index contributed by atoms with van der Waals surface area (Å²) in [4.78, 5) is 4.06. The molecule has 0 aliphatic heterocycles. The van der Waals surface area contributed by atoms with Gasteiger partial charge in [0.15, 0.2) is 11.0 Å². The molecule has 0 unspecified atom stereocenters. The molecule has 6 heteroatoms. The molecule has 3 aromatic rings. The predicted octanol–water partition coefficient (Wildman–Crippen LogP) is 4.23. The molecule has 0 saturated heterocycles. The highest BCUT2D eigenvalue weighted by Crippen LogP contribution is 2.26. The zero-order valence-electron chi connectivity index (χ0n) is 12.4. The summed E-state index contributed by atoms with van der Waals surface area (Å²) in [5.74, 6) is 1.42. The third-order valence-corrected chi connectivity index (χ3v) is 4.54. The van der Waals surface area contributed by atoms with Gasteiger partial charge in [-0.3, -0.25) is 9.55 Å². The first kappa shape index (κ1) is 15.8. The minimum Gasteiger partial charge on any atom is -0.298 e. The van der Waals surface area contributed by atoms with Gasteiger partial charge >= 0.3 is 0 Å². The normalized spacial score (nSPS) is 10.7. The topological polar surface area (TPSA) is 43.6 Å². The highest BCUT2D eigenvalue weighted by Gasteiger charge is 2.14. The Balaban J connectivity index is 1.97. The zero-order chi connectivity index (χ0) is 16.1. The van der Waals surface area contributed by atoms with Crippen LogP contribution in [0.15, 0.2) is 71.6 Å². The minimum atomic E-state index is 0.592. The number of nitrogens with zero attached hydrogens (tertiary/aromatic N) is 4. The highest BCUT2D eigenvalue weighted by molar-refractivity contribution is 7.99. The Bertz CT molecular complexity index is 787. The Kier molecular flexibility index (Phi) is 5.10. The molecule has 0 fully saturated rings. The van der Waals surface area contributed by atoms with E-state index in [2.05, 4.69) is 38.5 Å². The van der Waals surface area contributed by atoms with Crippen LogP contribution in [0.3, 0.4) is 0 Å². The Morgan fingerprint density at radius 2 is 1.83 bits per heavy atom. The fourth-order valence-corrected chi connectivity index (χ4v) is 3.02. The van der Waals surface area contributed by atoms with E-state index in [4.69, 9.17) is 11.6 Å². The molecule has 0 spiro atoms. The molecule has 2 heterocycles. The third kappa shape index (κ3) is 4.00. The molecule has 0 aliphatic carbocycles. The molecule has 0 radical (unpaired) electrons. The maximum atomic E-state index is 5.88. The molecule has 0 bridgehead atoms. The average molecular weight is 343 g/mol. The average Bonchev–Trinajstić information content (AvgIpc) is 2.97. The van der Waals surface area contributed by atoms with E-state index in [1.54, 1.807) is 12.4 Å². The quantitative estimate of drug-likeness (QED) is 0.629. The molecule has 0 amide bonds. The van der Waals surface area contributed by atoms with Crippen LogP contribution >= 0.6 is 23.4 Å². The summed E-state index contributed by atoms with van der Waals surface area (Å²) in [5, 5.41) is 10.1. The second-order valence-electron chi connectivity index (χ2n) is 4.92. The Labute approximate surface area is 144 Å². The fraction of sp³-hybridized carbons (Fsp3) is 0.118. The second-order valence-corrected chi connectivity index (χ2v) is 6.40. The number of rotatable bonds is 6. The third-order valence-electron chi connectivity index (χ3n) is 3.20. The summed E-state index contributed by atoms with van der Waals surface area (Å²) in [5.41, 5.74) is 2.18. The summed E-state index contributed by atoms with van der Waals surface area (Å²) >= 11 is 7.42. The van der Waals surface area contributed by atoms with Gasteiger partial charge < -0.3 is 0 Å². The maximum Gasteiger partial charge on any atom is 0.192 e. The maximum absolute atomic E-state index is 5.88. The summed E-state index contributed by atoms with van der Waals surface area (Å²) < 4.78 is 2.09. The van der Waals surface area contributed by atoms with Crippen molar-refractivity contribution in [3.63, 3.8) is 0 Å². The van der Waals surface area contributed by atoms with Crippen molar-refractivity contribution in [2.24, 2.45) is 0 Å². The van der Waals surface area contributed by atoms with Gasteiger partial charge in [0.2, 0.25) is 0 Å². The van der Waals surface area contributed by atoms with Gasteiger partial charge in [-0.25, -0.2) is 0 Å². The molecule has 116 valence electrons. The number of pyridine rings is 1. The smallest absolute Gasteiger partial charge is 0.192 e. The first-order valence-corrected chi connectivity index (χ1v) is 8.44. The van der Waals surface area contributed by atoms with Crippen LogP contribution in [0.1, 0.15) is 5.56 Å².